The first-order chi connectivity index (χ1) is 4.99. The molecule has 1 N–H and O–H groups in total. The van der Waals surface area contributed by atoms with Gasteiger partial charge in [0.2, 0.25) is 0 Å². The predicted molar refractivity (Wildman–Crippen MR) is 41.6 cm³/mol. The third kappa shape index (κ3) is 6.28. The molecule has 0 atom stereocenters. The Morgan fingerprint density at radius 1 is 1.36 bits per heavy atom. The zero-order chi connectivity index (χ0) is 8.91. The van der Waals surface area contributed by atoms with Gasteiger partial charge in [0, 0.05) is 0 Å². The standard InChI is InChI=1S/C6H14O4S/c1-3-6(4-2)5-10-11(7,8)9/h6H,3-5H2,1-2H3,(H,7,8,9). The first-order valence-corrected chi connectivity index (χ1v) is 4.98. The van der Waals surface area contributed by atoms with Crippen LogP contribution in [0.2, 0.25) is 0 Å². The SMILES string of the molecule is CCC(CC)COS(=O)(=O)O. The Morgan fingerprint density at radius 2 is 1.82 bits per heavy atom. The summed E-state index contributed by atoms with van der Waals surface area (Å²) in [7, 11) is -4.24. The molecule has 0 saturated carbocycles. The second kappa shape index (κ2) is 4.69. The van der Waals surface area contributed by atoms with Crippen LogP contribution in [-0.2, 0) is 14.6 Å². The van der Waals surface area contributed by atoms with Crippen molar-refractivity contribution in [2.24, 2.45) is 5.92 Å². The minimum Gasteiger partial charge on any atom is -0.264 e. The van der Waals surface area contributed by atoms with Crippen LogP contribution in [0.4, 0.5) is 0 Å². The van der Waals surface area contributed by atoms with E-state index in [1.807, 2.05) is 13.8 Å². The molecule has 0 bridgehead atoms. The summed E-state index contributed by atoms with van der Waals surface area (Å²) in [5.74, 6) is 0.205. The summed E-state index contributed by atoms with van der Waals surface area (Å²) in [5.41, 5.74) is 0. The molecule has 0 aliphatic heterocycles. The third-order valence-corrected chi connectivity index (χ3v) is 2.04. The van der Waals surface area contributed by atoms with Crippen LogP contribution in [0.25, 0.3) is 0 Å². The molecular weight excluding hydrogens is 168 g/mol. The minimum absolute atomic E-state index is 0.0752. The zero-order valence-electron chi connectivity index (χ0n) is 6.78. The van der Waals surface area contributed by atoms with Gasteiger partial charge in [-0.15, -0.1) is 0 Å². The second-order valence-electron chi connectivity index (χ2n) is 2.39. The molecule has 0 amide bonds. The van der Waals surface area contributed by atoms with Gasteiger partial charge in [0.05, 0.1) is 6.61 Å². The molecule has 68 valence electrons. The summed E-state index contributed by atoms with van der Waals surface area (Å²) in [6.07, 6.45) is 1.71. The molecule has 11 heavy (non-hydrogen) atoms. The van der Waals surface area contributed by atoms with Gasteiger partial charge in [0.25, 0.3) is 0 Å². The van der Waals surface area contributed by atoms with Gasteiger partial charge < -0.3 is 0 Å². The Kier molecular flexibility index (Phi) is 4.63. The van der Waals surface area contributed by atoms with Crippen molar-refractivity contribution in [3.05, 3.63) is 0 Å². The summed E-state index contributed by atoms with van der Waals surface area (Å²) in [4.78, 5) is 0. The van der Waals surface area contributed by atoms with Crippen LogP contribution in [-0.4, -0.2) is 19.6 Å². The maximum absolute atomic E-state index is 10.1. The van der Waals surface area contributed by atoms with Crippen molar-refractivity contribution in [1.29, 1.82) is 0 Å². The lowest BCUT2D eigenvalue weighted by Crippen LogP contribution is -2.12. The molecule has 0 spiro atoms. The maximum Gasteiger partial charge on any atom is 0.397 e. The van der Waals surface area contributed by atoms with E-state index < -0.39 is 10.4 Å². The number of rotatable bonds is 5. The van der Waals surface area contributed by atoms with Gasteiger partial charge in [-0.3, -0.25) is 4.55 Å². The van der Waals surface area contributed by atoms with E-state index in [9.17, 15) is 8.42 Å². The fraction of sp³-hybridized carbons (Fsp3) is 1.00. The summed E-state index contributed by atoms with van der Waals surface area (Å²) < 4.78 is 32.6. The maximum atomic E-state index is 10.1. The molecule has 0 aromatic rings. The average molecular weight is 182 g/mol. The van der Waals surface area contributed by atoms with Crippen molar-refractivity contribution in [2.75, 3.05) is 6.61 Å². The van der Waals surface area contributed by atoms with Crippen LogP contribution in [0.1, 0.15) is 26.7 Å². The van der Waals surface area contributed by atoms with Crippen LogP contribution >= 0.6 is 0 Å². The molecule has 4 nitrogen and oxygen atoms in total. The highest BCUT2D eigenvalue weighted by molar-refractivity contribution is 7.80. The lowest BCUT2D eigenvalue weighted by atomic mass is 10.1. The van der Waals surface area contributed by atoms with E-state index in [4.69, 9.17) is 4.55 Å². The molecule has 0 aromatic heterocycles. The summed E-state index contributed by atoms with van der Waals surface area (Å²) in [5, 5.41) is 0. The minimum atomic E-state index is -4.24. The third-order valence-electron chi connectivity index (χ3n) is 1.61. The van der Waals surface area contributed by atoms with Crippen molar-refractivity contribution in [3.8, 4) is 0 Å². The predicted octanol–water partition coefficient (Wildman–Crippen LogP) is 1.24. The van der Waals surface area contributed by atoms with Crippen LogP contribution in [0.15, 0.2) is 0 Å². The van der Waals surface area contributed by atoms with Crippen molar-refractivity contribution >= 4 is 10.4 Å². The monoisotopic (exact) mass is 182 g/mol. The fourth-order valence-corrected chi connectivity index (χ4v) is 1.07. The lowest BCUT2D eigenvalue weighted by molar-refractivity contribution is 0.216. The van der Waals surface area contributed by atoms with Crippen LogP contribution in [0, 0.1) is 5.92 Å². The van der Waals surface area contributed by atoms with Crippen LogP contribution in [0.5, 0.6) is 0 Å². The van der Waals surface area contributed by atoms with Crippen molar-refractivity contribution in [3.63, 3.8) is 0 Å². The molecule has 0 aromatic carbocycles. The second-order valence-corrected chi connectivity index (χ2v) is 3.49. The van der Waals surface area contributed by atoms with Crippen molar-refractivity contribution < 1.29 is 17.2 Å². The van der Waals surface area contributed by atoms with Gasteiger partial charge in [-0.2, -0.15) is 8.42 Å². The van der Waals surface area contributed by atoms with Gasteiger partial charge in [0.15, 0.2) is 0 Å². The van der Waals surface area contributed by atoms with Crippen LogP contribution < -0.4 is 0 Å². The van der Waals surface area contributed by atoms with Crippen molar-refractivity contribution in [2.45, 2.75) is 26.7 Å². The number of hydrogen-bond donors (Lipinski definition) is 1. The van der Waals surface area contributed by atoms with Crippen molar-refractivity contribution in [1.82, 2.24) is 0 Å². The normalized spacial score (nSPS) is 12.4. The van der Waals surface area contributed by atoms with Gasteiger partial charge >= 0.3 is 10.4 Å². The smallest absolute Gasteiger partial charge is 0.264 e. The Hall–Kier alpha value is -0.130. The molecule has 0 aliphatic carbocycles. The van der Waals surface area contributed by atoms with Gasteiger partial charge in [-0.25, -0.2) is 4.18 Å². The molecule has 0 aliphatic rings. The highest BCUT2D eigenvalue weighted by Crippen LogP contribution is 2.08. The van der Waals surface area contributed by atoms with E-state index in [1.165, 1.54) is 0 Å². The Labute approximate surface area is 67.5 Å². The Morgan fingerprint density at radius 3 is 2.09 bits per heavy atom. The van der Waals surface area contributed by atoms with Gasteiger partial charge in [0.1, 0.15) is 0 Å². The largest absolute Gasteiger partial charge is 0.397 e. The van der Waals surface area contributed by atoms with E-state index in [1.54, 1.807) is 0 Å². The average Bonchev–Trinajstić information content (AvgIpc) is 1.88. The van der Waals surface area contributed by atoms with Crippen LogP contribution in [0.3, 0.4) is 0 Å². The van der Waals surface area contributed by atoms with E-state index in [2.05, 4.69) is 4.18 Å². The lowest BCUT2D eigenvalue weighted by Gasteiger charge is -2.09. The van der Waals surface area contributed by atoms with E-state index in [0.717, 1.165) is 12.8 Å². The summed E-state index contributed by atoms with van der Waals surface area (Å²) in [6, 6.07) is 0. The van der Waals surface area contributed by atoms with Gasteiger partial charge in [-0.1, -0.05) is 26.7 Å². The Balaban J connectivity index is 3.69. The molecule has 0 rings (SSSR count). The quantitative estimate of drug-likeness (QED) is 0.650. The molecule has 0 fully saturated rings. The molecule has 0 unspecified atom stereocenters. The number of hydrogen-bond acceptors (Lipinski definition) is 3. The molecule has 0 radical (unpaired) electrons. The molecule has 0 saturated heterocycles. The summed E-state index contributed by atoms with van der Waals surface area (Å²) >= 11 is 0. The zero-order valence-corrected chi connectivity index (χ0v) is 7.60. The topological polar surface area (TPSA) is 63.6 Å². The molecule has 0 heterocycles. The molecular formula is C6H14O4S. The van der Waals surface area contributed by atoms with E-state index in [-0.39, 0.29) is 12.5 Å². The van der Waals surface area contributed by atoms with Gasteiger partial charge in [-0.05, 0) is 5.92 Å². The van der Waals surface area contributed by atoms with E-state index >= 15 is 0 Å². The fourth-order valence-electron chi connectivity index (χ4n) is 0.707. The van der Waals surface area contributed by atoms with E-state index in [0.29, 0.717) is 0 Å². The molecule has 5 heteroatoms. The highest BCUT2D eigenvalue weighted by Gasteiger charge is 2.09. The Bertz CT molecular complexity index is 181. The first kappa shape index (κ1) is 10.9. The highest BCUT2D eigenvalue weighted by atomic mass is 32.3. The summed E-state index contributed by atoms with van der Waals surface area (Å²) in [6.45, 7) is 3.97. The first-order valence-electron chi connectivity index (χ1n) is 3.61.